The van der Waals surface area contributed by atoms with E-state index in [1.807, 2.05) is 0 Å². The molecule has 1 aromatic rings. The number of hydrogen-bond acceptors (Lipinski definition) is 1. The second-order valence-corrected chi connectivity index (χ2v) is 5.45. The zero-order valence-electron chi connectivity index (χ0n) is 12.0. The summed E-state index contributed by atoms with van der Waals surface area (Å²) in [5, 5.41) is 0. The summed E-state index contributed by atoms with van der Waals surface area (Å²) in [6, 6.07) is 2.25. The van der Waals surface area contributed by atoms with Crippen LogP contribution >= 0.6 is 0 Å². The van der Waals surface area contributed by atoms with Gasteiger partial charge in [0, 0.05) is 6.42 Å². The van der Waals surface area contributed by atoms with Gasteiger partial charge in [0.2, 0.25) is 0 Å². The summed E-state index contributed by atoms with van der Waals surface area (Å²) < 4.78 is 0. The van der Waals surface area contributed by atoms with Crippen molar-refractivity contribution in [2.45, 2.75) is 54.4 Å². The minimum Gasteiger partial charge on any atom is -0.300 e. The van der Waals surface area contributed by atoms with Crippen LogP contribution in [0.1, 0.15) is 48.1 Å². The van der Waals surface area contributed by atoms with Crippen LogP contribution in [0, 0.1) is 33.6 Å². The molecular weight excluding hydrogens is 208 g/mol. The molecule has 0 bridgehead atoms. The molecule has 0 aromatic heterocycles. The van der Waals surface area contributed by atoms with Crippen molar-refractivity contribution in [1.29, 1.82) is 0 Å². The van der Waals surface area contributed by atoms with E-state index in [1.54, 1.807) is 6.92 Å². The molecule has 0 N–H and O–H groups in total. The van der Waals surface area contributed by atoms with E-state index in [2.05, 4.69) is 40.7 Å². The number of carbonyl (C=O) groups excluding carboxylic acids is 1. The third-order valence-electron chi connectivity index (χ3n) is 3.71. The molecule has 1 nitrogen and oxygen atoms in total. The highest BCUT2D eigenvalue weighted by Crippen LogP contribution is 2.25. The lowest BCUT2D eigenvalue weighted by Gasteiger charge is -2.18. The highest BCUT2D eigenvalue weighted by Gasteiger charge is 2.13. The summed E-state index contributed by atoms with van der Waals surface area (Å²) in [7, 11) is 0. The summed E-state index contributed by atoms with van der Waals surface area (Å²) in [6.07, 6.45) is 1.70. The van der Waals surface area contributed by atoms with Crippen molar-refractivity contribution in [3.63, 3.8) is 0 Å². The van der Waals surface area contributed by atoms with E-state index in [-0.39, 0.29) is 5.78 Å². The van der Waals surface area contributed by atoms with Gasteiger partial charge in [-0.3, -0.25) is 0 Å². The van der Waals surface area contributed by atoms with Crippen molar-refractivity contribution in [3.05, 3.63) is 33.9 Å². The summed E-state index contributed by atoms with van der Waals surface area (Å²) in [6.45, 7) is 12.6. The molecule has 0 spiro atoms. The smallest absolute Gasteiger partial charge is 0.130 e. The molecule has 0 heterocycles. The molecular formula is C16H24O. The second kappa shape index (κ2) is 5.48. The molecule has 0 aliphatic rings. The SMILES string of the molecule is CC(=O)CC(C)Cc1c(C)c(C)cc(C)c1C. The number of carbonyl (C=O) groups is 1. The number of aryl methyl sites for hydroxylation is 2. The van der Waals surface area contributed by atoms with Gasteiger partial charge < -0.3 is 4.79 Å². The average Bonchev–Trinajstić information content (AvgIpc) is 2.20. The topological polar surface area (TPSA) is 17.1 Å². The van der Waals surface area contributed by atoms with Crippen LogP contribution in [0.5, 0.6) is 0 Å². The molecule has 1 heteroatoms. The first-order chi connectivity index (χ1) is 7.82. The van der Waals surface area contributed by atoms with Crippen LogP contribution in [0.25, 0.3) is 0 Å². The Labute approximate surface area is 105 Å². The predicted octanol–water partition coefficient (Wildman–Crippen LogP) is 4.08. The Morgan fingerprint density at radius 3 is 2.00 bits per heavy atom. The molecule has 0 radical (unpaired) electrons. The summed E-state index contributed by atoms with van der Waals surface area (Å²) in [5.41, 5.74) is 6.94. The molecule has 0 aliphatic heterocycles. The number of ketones is 1. The molecule has 0 aliphatic carbocycles. The van der Waals surface area contributed by atoms with Crippen LogP contribution < -0.4 is 0 Å². The van der Waals surface area contributed by atoms with Gasteiger partial charge in [0.15, 0.2) is 0 Å². The van der Waals surface area contributed by atoms with Crippen molar-refractivity contribution in [3.8, 4) is 0 Å². The van der Waals surface area contributed by atoms with E-state index in [0.717, 1.165) is 6.42 Å². The normalized spacial score (nSPS) is 12.6. The quantitative estimate of drug-likeness (QED) is 0.764. The maximum Gasteiger partial charge on any atom is 0.130 e. The Morgan fingerprint density at radius 1 is 1.12 bits per heavy atom. The number of benzene rings is 1. The molecule has 1 atom stereocenters. The number of hydrogen-bond donors (Lipinski definition) is 0. The van der Waals surface area contributed by atoms with Gasteiger partial charge in [-0.2, -0.15) is 0 Å². The minimum atomic E-state index is 0.289. The fourth-order valence-corrected chi connectivity index (χ4v) is 2.52. The van der Waals surface area contributed by atoms with Crippen molar-refractivity contribution >= 4 is 5.78 Å². The fourth-order valence-electron chi connectivity index (χ4n) is 2.52. The summed E-state index contributed by atoms with van der Waals surface area (Å²) in [5.74, 6) is 0.725. The Kier molecular flexibility index (Phi) is 4.50. The van der Waals surface area contributed by atoms with Crippen molar-refractivity contribution in [1.82, 2.24) is 0 Å². The minimum absolute atomic E-state index is 0.289. The molecule has 17 heavy (non-hydrogen) atoms. The van der Waals surface area contributed by atoms with Gasteiger partial charge in [0.1, 0.15) is 5.78 Å². The fraction of sp³-hybridized carbons (Fsp3) is 0.562. The third-order valence-corrected chi connectivity index (χ3v) is 3.71. The molecule has 1 aromatic carbocycles. The first-order valence-electron chi connectivity index (χ1n) is 6.38. The van der Waals surface area contributed by atoms with Crippen LogP contribution in [0.3, 0.4) is 0 Å². The average molecular weight is 232 g/mol. The van der Waals surface area contributed by atoms with E-state index in [1.165, 1.54) is 27.8 Å². The maximum atomic E-state index is 11.1. The van der Waals surface area contributed by atoms with Crippen molar-refractivity contribution in [2.75, 3.05) is 0 Å². The van der Waals surface area contributed by atoms with Gasteiger partial charge >= 0.3 is 0 Å². The Hall–Kier alpha value is -1.11. The highest BCUT2D eigenvalue weighted by molar-refractivity contribution is 5.75. The van der Waals surface area contributed by atoms with Gasteiger partial charge in [-0.15, -0.1) is 0 Å². The number of Topliss-reactive ketones (excluding diaryl/α,β-unsaturated/α-hetero) is 1. The maximum absolute atomic E-state index is 11.1. The Morgan fingerprint density at radius 2 is 1.59 bits per heavy atom. The lowest BCUT2D eigenvalue weighted by atomic mass is 9.87. The van der Waals surface area contributed by atoms with E-state index >= 15 is 0 Å². The van der Waals surface area contributed by atoms with E-state index in [9.17, 15) is 4.79 Å². The Balaban J connectivity index is 3.01. The monoisotopic (exact) mass is 232 g/mol. The lowest BCUT2D eigenvalue weighted by molar-refractivity contribution is -0.117. The zero-order chi connectivity index (χ0) is 13.2. The standard InChI is InChI=1S/C16H24O/c1-10(7-13(4)17)8-16-14(5)11(2)9-12(3)15(16)6/h9-10H,7-8H2,1-6H3. The largest absolute Gasteiger partial charge is 0.300 e. The van der Waals surface area contributed by atoms with Crippen molar-refractivity contribution < 1.29 is 4.79 Å². The predicted molar refractivity (Wildman–Crippen MR) is 73.6 cm³/mol. The first-order valence-corrected chi connectivity index (χ1v) is 6.38. The first kappa shape index (κ1) is 14.0. The van der Waals surface area contributed by atoms with Gasteiger partial charge in [0.05, 0.1) is 0 Å². The van der Waals surface area contributed by atoms with Gasteiger partial charge in [-0.1, -0.05) is 13.0 Å². The van der Waals surface area contributed by atoms with Gasteiger partial charge in [-0.25, -0.2) is 0 Å². The Bertz CT molecular complexity index is 403. The van der Waals surface area contributed by atoms with Crippen LogP contribution in [0.4, 0.5) is 0 Å². The van der Waals surface area contributed by atoms with Crippen LogP contribution in [0.2, 0.25) is 0 Å². The highest BCUT2D eigenvalue weighted by atomic mass is 16.1. The van der Waals surface area contributed by atoms with Crippen LogP contribution in [-0.2, 0) is 11.2 Å². The molecule has 0 fully saturated rings. The van der Waals surface area contributed by atoms with Gasteiger partial charge in [-0.05, 0) is 74.8 Å². The van der Waals surface area contributed by atoms with E-state index < -0.39 is 0 Å². The van der Waals surface area contributed by atoms with Crippen LogP contribution in [0.15, 0.2) is 6.07 Å². The van der Waals surface area contributed by atoms with Gasteiger partial charge in [0.25, 0.3) is 0 Å². The molecule has 1 rings (SSSR count). The third kappa shape index (κ3) is 3.42. The molecule has 0 saturated carbocycles. The molecule has 94 valence electrons. The summed E-state index contributed by atoms with van der Waals surface area (Å²) >= 11 is 0. The molecule has 0 saturated heterocycles. The lowest BCUT2D eigenvalue weighted by Crippen LogP contribution is -2.09. The summed E-state index contributed by atoms with van der Waals surface area (Å²) in [4.78, 5) is 11.1. The zero-order valence-corrected chi connectivity index (χ0v) is 12.0. The van der Waals surface area contributed by atoms with Crippen LogP contribution in [-0.4, -0.2) is 5.78 Å². The molecule has 0 amide bonds. The molecule has 1 unspecified atom stereocenters. The van der Waals surface area contributed by atoms with E-state index in [4.69, 9.17) is 0 Å². The van der Waals surface area contributed by atoms with E-state index in [0.29, 0.717) is 12.3 Å². The van der Waals surface area contributed by atoms with Crippen molar-refractivity contribution in [2.24, 2.45) is 5.92 Å². The second-order valence-electron chi connectivity index (χ2n) is 5.45. The number of rotatable bonds is 4.